The van der Waals surface area contributed by atoms with Crippen LogP contribution in [0.1, 0.15) is 44.0 Å². The predicted octanol–water partition coefficient (Wildman–Crippen LogP) is 5.72. The van der Waals surface area contributed by atoms with Crippen LogP contribution in [0.3, 0.4) is 0 Å². The van der Waals surface area contributed by atoms with Crippen molar-refractivity contribution >= 4 is 45.3 Å². The molecular formula is C28H24ClF3N6O3. The lowest BCUT2D eigenvalue weighted by Gasteiger charge is -2.34. The molecule has 0 aliphatic carbocycles. The van der Waals surface area contributed by atoms with E-state index in [1.54, 1.807) is 29.2 Å². The summed E-state index contributed by atoms with van der Waals surface area (Å²) in [5.74, 6) is -0.826. The quantitative estimate of drug-likeness (QED) is 0.263. The number of benzene rings is 1. The van der Waals surface area contributed by atoms with Gasteiger partial charge in [0.1, 0.15) is 22.9 Å². The number of piperidine rings is 1. The van der Waals surface area contributed by atoms with Crippen LogP contribution in [-0.4, -0.2) is 57.4 Å². The summed E-state index contributed by atoms with van der Waals surface area (Å²) in [4.78, 5) is 28.3. The van der Waals surface area contributed by atoms with Gasteiger partial charge in [0.25, 0.3) is 6.43 Å². The number of para-hydroxylation sites is 1. The summed E-state index contributed by atoms with van der Waals surface area (Å²) < 4.78 is 56.2. The molecule has 0 N–H and O–H groups in total. The number of fused-ring (bicyclic) bond motifs is 3. The van der Waals surface area contributed by atoms with Crippen molar-refractivity contribution in [1.29, 1.82) is 5.26 Å². The van der Waals surface area contributed by atoms with Crippen LogP contribution < -0.4 is 9.64 Å². The lowest BCUT2D eigenvalue weighted by atomic mass is 9.87. The van der Waals surface area contributed by atoms with E-state index in [1.165, 1.54) is 24.1 Å². The molecule has 0 radical (unpaired) electrons. The minimum Gasteiger partial charge on any atom is -0.472 e. The number of carbonyl (C=O) groups is 1. The second kappa shape index (κ2) is 10.4. The molecule has 5 heterocycles. The molecule has 2 saturated heterocycles. The summed E-state index contributed by atoms with van der Waals surface area (Å²) in [6.45, 7) is 1.93. The van der Waals surface area contributed by atoms with Crippen molar-refractivity contribution < 1.29 is 27.1 Å². The standard InChI is InChI=1S/C28H24ClF3N6O3/c1-15(39)20-11-17(40-27-19(10-16(29)12-34-27)28(32)6-8-37(14-33)9-7-28)13-38(20)26-23-22(35-25(36-26)24(30)31)18-4-2-3-5-21(18)41-23/h2-5,10,12,17,20,24H,6-9,11,13H2,1H3/t17-,20-/m0/s1. The second-order valence-corrected chi connectivity index (χ2v) is 10.7. The molecule has 0 saturated carbocycles. The minimum absolute atomic E-state index is 0.0290. The van der Waals surface area contributed by atoms with Crippen molar-refractivity contribution in [2.45, 2.75) is 50.4 Å². The molecule has 0 spiro atoms. The van der Waals surface area contributed by atoms with Crippen LogP contribution in [0.2, 0.25) is 5.02 Å². The molecule has 4 aromatic rings. The third-order valence-electron chi connectivity index (χ3n) is 7.69. The molecule has 0 bridgehead atoms. The number of nitrogens with zero attached hydrogens (tertiary/aromatic N) is 6. The van der Waals surface area contributed by atoms with Crippen molar-refractivity contribution in [3.63, 3.8) is 0 Å². The molecule has 0 amide bonds. The third-order valence-corrected chi connectivity index (χ3v) is 7.90. The van der Waals surface area contributed by atoms with E-state index in [1.807, 2.05) is 6.19 Å². The smallest absolute Gasteiger partial charge is 0.297 e. The van der Waals surface area contributed by atoms with E-state index < -0.39 is 30.1 Å². The first-order chi connectivity index (χ1) is 19.7. The van der Waals surface area contributed by atoms with Gasteiger partial charge in [-0.3, -0.25) is 4.79 Å². The number of pyridine rings is 1. The Morgan fingerprint density at radius 1 is 1.27 bits per heavy atom. The Labute approximate surface area is 237 Å². The molecule has 1 aromatic carbocycles. The highest BCUT2D eigenvalue weighted by Gasteiger charge is 2.43. The van der Waals surface area contributed by atoms with Crippen LogP contribution in [0.15, 0.2) is 40.9 Å². The van der Waals surface area contributed by atoms with Crippen LogP contribution in [0.5, 0.6) is 5.88 Å². The molecule has 2 aliphatic heterocycles. The molecule has 3 aromatic heterocycles. The first-order valence-electron chi connectivity index (χ1n) is 13.1. The number of rotatable bonds is 6. The van der Waals surface area contributed by atoms with Crippen LogP contribution >= 0.6 is 11.6 Å². The summed E-state index contributed by atoms with van der Waals surface area (Å²) in [6.07, 6.45) is 0.0433. The first kappa shape index (κ1) is 27.1. The SMILES string of the molecule is CC(=O)[C@@H]1C[C@H](Oc2ncc(Cl)cc2C2(F)CCN(C#N)CC2)CN1c1nc(C(F)F)nc2c1oc1ccccc12. The number of alkyl halides is 3. The fraction of sp³-hybridized carbons (Fsp3) is 0.393. The molecule has 0 unspecified atom stereocenters. The number of aromatic nitrogens is 3. The fourth-order valence-electron chi connectivity index (χ4n) is 5.62. The predicted molar refractivity (Wildman–Crippen MR) is 144 cm³/mol. The first-order valence-corrected chi connectivity index (χ1v) is 13.5. The number of hydrogen-bond acceptors (Lipinski definition) is 9. The van der Waals surface area contributed by atoms with Gasteiger partial charge in [-0.2, -0.15) is 5.26 Å². The van der Waals surface area contributed by atoms with Gasteiger partial charge in [0.15, 0.2) is 29.2 Å². The summed E-state index contributed by atoms with van der Waals surface area (Å²) >= 11 is 6.18. The molecule has 9 nitrogen and oxygen atoms in total. The fourth-order valence-corrected chi connectivity index (χ4v) is 5.78. The number of Topliss-reactive ketones (excluding diaryl/α,β-unsaturated/α-hetero) is 1. The van der Waals surface area contributed by atoms with Crippen molar-refractivity contribution in [3.8, 4) is 12.1 Å². The highest BCUT2D eigenvalue weighted by Crippen LogP contribution is 2.43. The van der Waals surface area contributed by atoms with E-state index >= 15 is 4.39 Å². The summed E-state index contributed by atoms with van der Waals surface area (Å²) in [7, 11) is 0. The van der Waals surface area contributed by atoms with Gasteiger partial charge in [-0.25, -0.2) is 28.1 Å². The number of nitriles is 1. The van der Waals surface area contributed by atoms with Crippen molar-refractivity contribution in [1.82, 2.24) is 19.9 Å². The number of likely N-dealkylation sites (tertiary alicyclic amines) is 1. The Bertz CT molecular complexity index is 1680. The number of halogens is 4. The monoisotopic (exact) mass is 584 g/mol. The van der Waals surface area contributed by atoms with Gasteiger partial charge < -0.3 is 19.0 Å². The molecule has 41 heavy (non-hydrogen) atoms. The maximum absolute atomic E-state index is 16.2. The zero-order valence-electron chi connectivity index (χ0n) is 21.9. The molecule has 6 rings (SSSR count). The number of ketones is 1. The number of anilines is 1. The maximum Gasteiger partial charge on any atom is 0.297 e. The van der Waals surface area contributed by atoms with Crippen LogP contribution in [0.25, 0.3) is 22.1 Å². The Morgan fingerprint density at radius 2 is 2.02 bits per heavy atom. The molecule has 13 heteroatoms. The highest BCUT2D eigenvalue weighted by atomic mass is 35.5. The minimum atomic E-state index is -2.95. The van der Waals surface area contributed by atoms with Gasteiger partial charge in [-0.05, 0) is 25.1 Å². The summed E-state index contributed by atoms with van der Waals surface area (Å²) in [5.41, 5.74) is -0.807. The van der Waals surface area contributed by atoms with E-state index in [-0.39, 0.29) is 78.1 Å². The maximum atomic E-state index is 16.2. The summed E-state index contributed by atoms with van der Waals surface area (Å²) in [5, 5.41) is 9.95. The van der Waals surface area contributed by atoms with Gasteiger partial charge in [0.2, 0.25) is 5.88 Å². The normalized spacial score (nSPS) is 20.6. The van der Waals surface area contributed by atoms with Crippen molar-refractivity contribution in [2.75, 3.05) is 24.5 Å². The van der Waals surface area contributed by atoms with E-state index in [9.17, 15) is 13.6 Å². The van der Waals surface area contributed by atoms with E-state index in [4.69, 9.17) is 26.0 Å². The van der Waals surface area contributed by atoms with Crippen LogP contribution in [0, 0.1) is 11.5 Å². The average Bonchev–Trinajstić information content (AvgIpc) is 3.55. The number of furan rings is 1. The summed E-state index contributed by atoms with van der Waals surface area (Å²) in [6, 6.07) is 7.61. The molecule has 2 atom stereocenters. The average molecular weight is 585 g/mol. The Balaban J connectivity index is 1.36. The van der Waals surface area contributed by atoms with Crippen LogP contribution in [0.4, 0.5) is 19.0 Å². The zero-order chi connectivity index (χ0) is 28.9. The van der Waals surface area contributed by atoms with E-state index in [2.05, 4.69) is 15.0 Å². The van der Waals surface area contributed by atoms with Crippen LogP contribution in [-0.2, 0) is 10.5 Å². The van der Waals surface area contributed by atoms with E-state index in [0.717, 1.165) is 0 Å². The molecular weight excluding hydrogens is 561 g/mol. The Hall–Kier alpha value is -4.11. The van der Waals surface area contributed by atoms with Crippen molar-refractivity contribution in [3.05, 3.63) is 52.9 Å². The largest absolute Gasteiger partial charge is 0.472 e. The number of carbonyl (C=O) groups excluding carboxylic acids is 1. The van der Waals surface area contributed by atoms with Crippen molar-refractivity contribution in [2.24, 2.45) is 0 Å². The van der Waals surface area contributed by atoms with Gasteiger partial charge >= 0.3 is 0 Å². The van der Waals surface area contributed by atoms with Gasteiger partial charge in [-0.15, -0.1) is 0 Å². The Kier molecular flexibility index (Phi) is 6.85. The molecule has 212 valence electrons. The zero-order valence-corrected chi connectivity index (χ0v) is 22.6. The Morgan fingerprint density at radius 3 is 2.73 bits per heavy atom. The number of hydrogen-bond donors (Lipinski definition) is 0. The highest BCUT2D eigenvalue weighted by molar-refractivity contribution is 6.30. The lowest BCUT2D eigenvalue weighted by molar-refractivity contribution is -0.118. The van der Waals surface area contributed by atoms with Gasteiger partial charge in [-0.1, -0.05) is 23.7 Å². The second-order valence-electron chi connectivity index (χ2n) is 10.3. The van der Waals surface area contributed by atoms with E-state index in [0.29, 0.717) is 11.0 Å². The topological polar surface area (TPSA) is 108 Å². The van der Waals surface area contributed by atoms with Gasteiger partial charge in [0.05, 0.1) is 23.2 Å². The number of ether oxygens (including phenoxy) is 1. The van der Waals surface area contributed by atoms with Gasteiger partial charge in [0, 0.05) is 43.9 Å². The molecule has 2 aliphatic rings. The molecule has 2 fully saturated rings. The lowest BCUT2D eigenvalue weighted by Crippen LogP contribution is -2.38. The third kappa shape index (κ3) is 4.88.